The highest BCUT2D eigenvalue weighted by Gasteiger charge is 2.24. The summed E-state index contributed by atoms with van der Waals surface area (Å²) < 4.78 is 0. The van der Waals surface area contributed by atoms with E-state index in [2.05, 4.69) is 15.3 Å². The Morgan fingerprint density at radius 2 is 1.84 bits per heavy atom. The van der Waals surface area contributed by atoms with Crippen LogP contribution in [0.1, 0.15) is 56.2 Å². The zero-order chi connectivity index (χ0) is 13.1. The lowest BCUT2D eigenvalue weighted by molar-refractivity contribution is 0.144. The van der Waals surface area contributed by atoms with E-state index in [9.17, 15) is 5.11 Å². The normalized spacial score (nSPS) is 27.4. The van der Waals surface area contributed by atoms with Gasteiger partial charge in [-0.2, -0.15) is 0 Å². The van der Waals surface area contributed by atoms with Gasteiger partial charge in [-0.25, -0.2) is 9.97 Å². The molecule has 2 unspecified atom stereocenters. The van der Waals surface area contributed by atoms with Crippen LogP contribution in [-0.2, 0) is 12.8 Å². The minimum Gasteiger partial charge on any atom is -0.391 e. The van der Waals surface area contributed by atoms with Gasteiger partial charge >= 0.3 is 0 Å². The summed E-state index contributed by atoms with van der Waals surface area (Å²) in [5, 5.41) is 13.7. The molecule has 1 fully saturated rings. The average Bonchev–Trinajstić information content (AvgIpc) is 2.65. The number of aromatic nitrogens is 2. The van der Waals surface area contributed by atoms with Crippen LogP contribution in [0.4, 0.5) is 5.82 Å². The molecule has 19 heavy (non-hydrogen) atoms. The number of aryl methyl sites for hydroxylation is 1. The molecule has 0 saturated heterocycles. The van der Waals surface area contributed by atoms with Crippen LogP contribution >= 0.6 is 0 Å². The predicted octanol–water partition coefficient (Wildman–Crippen LogP) is 2.46. The van der Waals surface area contributed by atoms with Gasteiger partial charge in [0.15, 0.2) is 0 Å². The van der Waals surface area contributed by atoms with Crippen molar-refractivity contribution in [2.45, 2.75) is 69.9 Å². The van der Waals surface area contributed by atoms with E-state index in [1.165, 1.54) is 36.9 Å². The molecule has 1 aromatic rings. The Kier molecular flexibility index (Phi) is 3.97. The average molecular weight is 261 g/mol. The number of anilines is 1. The van der Waals surface area contributed by atoms with Gasteiger partial charge in [-0.15, -0.1) is 0 Å². The van der Waals surface area contributed by atoms with Gasteiger partial charge in [0.2, 0.25) is 0 Å². The molecule has 0 radical (unpaired) electrons. The Bertz CT molecular complexity index is 435. The standard InChI is InChI=1S/C15H23N3O/c19-14-9-3-1-2-8-13(14)18-15-11-6-4-5-7-12(11)16-10-17-15/h10,13-14,19H,1-9H2,(H,16,17,18). The number of fused-ring (bicyclic) bond motifs is 1. The summed E-state index contributed by atoms with van der Waals surface area (Å²) in [7, 11) is 0. The molecular formula is C15H23N3O. The summed E-state index contributed by atoms with van der Waals surface area (Å²) in [5.74, 6) is 0.968. The number of nitrogens with zero attached hydrogens (tertiary/aromatic N) is 2. The summed E-state index contributed by atoms with van der Waals surface area (Å²) in [6, 6.07) is 0.156. The SMILES string of the molecule is OC1CCCCCC1Nc1ncnc2c1CCCC2. The topological polar surface area (TPSA) is 58.0 Å². The highest BCUT2D eigenvalue weighted by Crippen LogP contribution is 2.27. The number of aliphatic hydroxyl groups excluding tert-OH is 1. The Morgan fingerprint density at radius 1 is 1.00 bits per heavy atom. The summed E-state index contributed by atoms with van der Waals surface area (Å²) >= 11 is 0. The Morgan fingerprint density at radius 3 is 2.79 bits per heavy atom. The third-order valence-electron chi connectivity index (χ3n) is 4.43. The fraction of sp³-hybridized carbons (Fsp3) is 0.733. The maximum atomic E-state index is 10.2. The third-order valence-corrected chi connectivity index (χ3v) is 4.43. The largest absolute Gasteiger partial charge is 0.391 e. The van der Waals surface area contributed by atoms with E-state index in [0.717, 1.165) is 37.9 Å². The van der Waals surface area contributed by atoms with Gasteiger partial charge in [0.25, 0.3) is 0 Å². The minimum absolute atomic E-state index is 0.156. The summed E-state index contributed by atoms with van der Waals surface area (Å²) in [5.41, 5.74) is 2.48. The lowest BCUT2D eigenvalue weighted by Crippen LogP contribution is -2.33. The molecule has 2 aliphatic rings. The fourth-order valence-electron chi connectivity index (χ4n) is 3.28. The van der Waals surface area contributed by atoms with E-state index < -0.39 is 0 Å². The fourth-order valence-corrected chi connectivity index (χ4v) is 3.28. The second-order valence-electron chi connectivity index (χ2n) is 5.81. The summed E-state index contributed by atoms with van der Waals surface area (Å²) in [4.78, 5) is 8.81. The molecule has 4 heteroatoms. The molecule has 0 spiro atoms. The number of rotatable bonds is 2. The minimum atomic E-state index is -0.239. The van der Waals surface area contributed by atoms with Gasteiger partial charge in [0.05, 0.1) is 12.1 Å². The maximum Gasteiger partial charge on any atom is 0.133 e. The van der Waals surface area contributed by atoms with Crippen molar-refractivity contribution in [3.05, 3.63) is 17.6 Å². The summed E-state index contributed by atoms with van der Waals surface area (Å²) in [6.07, 6.45) is 11.5. The van der Waals surface area contributed by atoms with Crippen molar-refractivity contribution in [2.75, 3.05) is 5.32 Å². The van der Waals surface area contributed by atoms with Gasteiger partial charge in [0, 0.05) is 11.3 Å². The van der Waals surface area contributed by atoms with Crippen molar-refractivity contribution >= 4 is 5.82 Å². The lowest BCUT2D eigenvalue weighted by Gasteiger charge is -2.25. The van der Waals surface area contributed by atoms with Gasteiger partial charge in [-0.05, 0) is 38.5 Å². The molecular weight excluding hydrogens is 238 g/mol. The first-order valence-electron chi connectivity index (χ1n) is 7.62. The molecule has 0 amide bonds. The van der Waals surface area contributed by atoms with E-state index >= 15 is 0 Å². The zero-order valence-electron chi connectivity index (χ0n) is 11.4. The highest BCUT2D eigenvalue weighted by molar-refractivity contribution is 5.47. The molecule has 2 atom stereocenters. The molecule has 1 aromatic heterocycles. The van der Waals surface area contributed by atoms with Gasteiger partial charge in [-0.3, -0.25) is 0 Å². The molecule has 0 bridgehead atoms. The van der Waals surface area contributed by atoms with Crippen molar-refractivity contribution in [1.82, 2.24) is 9.97 Å². The van der Waals surface area contributed by atoms with Gasteiger partial charge < -0.3 is 10.4 Å². The molecule has 1 heterocycles. The second-order valence-corrected chi connectivity index (χ2v) is 5.81. The number of hydrogen-bond acceptors (Lipinski definition) is 4. The smallest absolute Gasteiger partial charge is 0.133 e. The van der Waals surface area contributed by atoms with E-state index in [-0.39, 0.29) is 12.1 Å². The van der Waals surface area contributed by atoms with E-state index in [0.29, 0.717) is 0 Å². The third kappa shape index (κ3) is 2.89. The van der Waals surface area contributed by atoms with Crippen molar-refractivity contribution in [1.29, 1.82) is 0 Å². The van der Waals surface area contributed by atoms with Crippen LogP contribution in [0.2, 0.25) is 0 Å². The zero-order valence-corrected chi connectivity index (χ0v) is 11.4. The molecule has 1 saturated carbocycles. The van der Waals surface area contributed by atoms with Gasteiger partial charge in [-0.1, -0.05) is 19.3 Å². The quantitative estimate of drug-likeness (QED) is 0.803. The molecule has 2 aliphatic carbocycles. The first-order chi connectivity index (χ1) is 9.34. The molecule has 3 rings (SSSR count). The monoisotopic (exact) mass is 261 g/mol. The first kappa shape index (κ1) is 12.9. The van der Waals surface area contributed by atoms with E-state index in [1.54, 1.807) is 6.33 Å². The molecule has 104 valence electrons. The molecule has 0 aromatic carbocycles. The summed E-state index contributed by atoms with van der Waals surface area (Å²) in [6.45, 7) is 0. The van der Waals surface area contributed by atoms with Crippen LogP contribution in [0.5, 0.6) is 0 Å². The number of aliphatic hydroxyl groups is 1. The van der Waals surface area contributed by atoms with Crippen LogP contribution in [0.3, 0.4) is 0 Å². The van der Waals surface area contributed by atoms with Crippen LogP contribution in [-0.4, -0.2) is 27.2 Å². The molecule has 0 aliphatic heterocycles. The Balaban J connectivity index is 1.78. The van der Waals surface area contributed by atoms with Crippen LogP contribution < -0.4 is 5.32 Å². The Labute approximate surface area is 114 Å². The Hall–Kier alpha value is -1.16. The molecule has 4 nitrogen and oxygen atoms in total. The van der Waals surface area contributed by atoms with E-state index in [4.69, 9.17) is 0 Å². The van der Waals surface area contributed by atoms with Crippen LogP contribution in [0.15, 0.2) is 6.33 Å². The highest BCUT2D eigenvalue weighted by atomic mass is 16.3. The van der Waals surface area contributed by atoms with Crippen molar-refractivity contribution < 1.29 is 5.11 Å². The predicted molar refractivity (Wildman–Crippen MR) is 75.2 cm³/mol. The van der Waals surface area contributed by atoms with Crippen molar-refractivity contribution in [2.24, 2.45) is 0 Å². The van der Waals surface area contributed by atoms with Crippen LogP contribution in [0.25, 0.3) is 0 Å². The second kappa shape index (κ2) is 5.87. The van der Waals surface area contributed by atoms with Crippen molar-refractivity contribution in [3.8, 4) is 0 Å². The van der Waals surface area contributed by atoms with Crippen LogP contribution in [0, 0.1) is 0 Å². The first-order valence-corrected chi connectivity index (χ1v) is 7.62. The maximum absolute atomic E-state index is 10.2. The number of hydrogen-bond donors (Lipinski definition) is 2. The number of nitrogens with one attached hydrogen (secondary N) is 1. The van der Waals surface area contributed by atoms with Crippen molar-refractivity contribution in [3.63, 3.8) is 0 Å². The van der Waals surface area contributed by atoms with Gasteiger partial charge in [0.1, 0.15) is 12.1 Å². The lowest BCUT2D eigenvalue weighted by atomic mass is 9.96. The molecule has 2 N–H and O–H groups in total. The van der Waals surface area contributed by atoms with E-state index in [1.807, 2.05) is 0 Å².